The standard InChI is InChI=1S/C11H13BrClNO4S/c1-3-18-11(15)7-14(19(2,16)17)10-5-4-8(12)6-9(10)13/h4-6H,3,7H2,1-2H3. The number of hydrogen-bond acceptors (Lipinski definition) is 4. The Bertz CT molecular complexity index is 576. The molecule has 0 aliphatic rings. The summed E-state index contributed by atoms with van der Waals surface area (Å²) < 4.78 is 29.9. The van der Waals surface area contributed by atoms with Gasteiger partial charge in [0.2, 0.25) is 10.0 Å². The van der Waals surface area contributed by atoms with Crippen molar-refractivity contribution in [2.24, 2.45) is 0 Å². The van der Waals surface area contributed by atoms with E-state index in [-0.39, 0.29) is 17.3 Å². The van der Waals surface area contributed by atoms with Gasteiger partial charge in [0.15, 0.2) is 0 Å². The van der Waals surface area contributed by atoms with Crippen molar-refractivity contribution in [1.82, 2.24) is 0 Å². The van der Waals surface area contributed by atoms with Crippen LogP contribution < -0.4 is 4.31 Å². The molecule has 1 aromatic carbocycles. The number of sulfonamides is 1. The van der Waals surface area contributed by atoms with Gasteiger partial charge in [-0.2, -0.15) is 0 Å². The second kappa shape index (κ2) is 6.58. The minimum atomic E-state index is -3.63. The van der Waals surface area contributed by atoms with Gasteiger partial charge in [-0.05, 0) is 25.1 Å². The van der Waals surface area contributed by atoms with E-state index >= 15 is 0 Å². The molecule has 106 valence electrons. The van der Waals surface area contributed by atoms with Crippen LogP contribution in [0, 0.1) is 0 Å². The molecule has 0 aliphatic carbocycles. The van der Waals surface area contributed by atoms with Crippen molar-refractivity contribution >= 4 is 49.2 Å². The number of ether oxygens (including phenoxy) is 1. The van der Waals surface area contributed by atoms with E-state index in [4.69, 9.17) is 16.3 Å². The van der Waals surface area contributed by atoms with Gasteiger partial charge in [0.25, 0.3) is 0 Å². The number of benzene rings is 1. The first kappa shape index (κ1) is 16.3. The fourth-order valence-electron chi connectivity index (χ4n) is 1.39. The van der Waals surface area contributed by atoms with E-state index in [0.717, 1.165) is 10.6 Å². The zero-order valence-electron chi connectivity index (χ0n) is 10.4. The lowest BCUT2D eigenvalue weighted by Crippen LogP contribution is -2.36. The topological polar surface area (TPSA) is 63.7 Å². The van der Waals surface area contributed by atoms with Gasteiger partial charge >= 0.3 is 5.97 Å². The lowest BCUT2D eigenvalue weighted by Gasteiger charge is -2.22. The van der Waals surface area contributed by atoms with Crippen molar-refractivity contribution < 1.29 is 17.9 Å². The number of esters is 1. The Morgan fingerprint density at radius 2 is 2.11 bits per heavy atom. The molecule has 5 nitrogen and oxygen atoms in total. The molecule has 0 saturated heterocycles. The average Bonchev–Trinajstić information content (AvgIpc) is 2.25. The molecule has 8 heteroatoms. The molecule has 0 bridgehead atoms. The molecule has 0 spiro atoms. The Labute approximate surface area is 125 Å². The lowest BCUT2D eigenvalue weighted by molar-refractivity contribution is -0.141. The van der Waals surface area contributed by atoms with Crippen LogP contribution in [0.3, 0.4) is 0 Å². The Morgan fingerprint density at radius 1 is 1.47 bits per heavy atom. The first-order valence-electron chi connectivity index (χ1n) is 5.34. The maximum absolute atomic E-state index is 11.8. The quantitative estimate of drug-likeness (QED) is 0.747. The molecule has 0 fully saturated rings. The zero-order valence-corrected chi connectivity index (χ0v) is 13.5. The van der Waals surface area contributed by atoms with Crippen LogP contribution in [0.5, 0.6) is 0 Å². The summed E-state index contributed by atoms with van der Waals surface area (Å²) >= 11 is 9.23. The molecule has 19 heavy (non-hydrogen) atoms. The minimum absolute atomic E-state index is 0.185. The third-order valence-corrected chi connectivity index (χ3v) is 4.08. The van der Waals surface area contributed by atoms with E-state index in [1.165, 1.54) is 6.07 Å². The molecule has 0 unspecified atom stereocenters. The number of anilines is 1. The van der Waals surface area contributed by atoms with Crippen molar-refractivity contribution in [3.8, 4) is 0 Å². The summed E-state index contributed by atoms with van der Waals surface area (Å²) in [6.45, 7) is 1.42. The summed E-state index contributed by atoms with van der Waals surface area (Å²) in [6, 6.07) is 4.72. The molecule has 0 aromatic heterocycles. The summed E-state index contributed by atoms with van der Waals surface area (Å²) in [6.07, 6.45) is 1.00. The predicted octanol–water partition coefficient (Wildman–Crippen LogP) is 2.43. The molecule has 1 rings (SSSR count). The maximum Gasteiger partial charge on any atom is 0.326 e. The van der Waals surface area contributed by atoms with Crippen LogP contribution in [-0.2, 0) is 19.6 Å². The highest BCUT2D eigenvalue weighted by Gasteiger charge is 2.23. The van der Waals surface area contributed by atoms with Gasteiger partial charge in [-0.25, -0.2) is 8.42 Å². The van der Waals surface area contributed by atoms with Crippen molar-refractivity contribution in [3.05, 3.63) is 27.7 Å². The van der Waals surface area contributed by atoms with Gasteiger partial charge in [0, 0.05) is 4.47 Å². The summed E-state index contributed by atoms with van der Waals surface area (Å²) in [5.74, 6) is -0.632. The van der Waals surface area contributed by atoms with Gasteiger partial charge in [-0.1, -0.05) is 27.5 Å². The van der Waals surface area contributed by atoms with Crippen molar-refractivity contribution in [3.63, 3.8) is 0 Å². The van der Waals surface area contributed by atoms with Gasteiger partial charge < -0.3 is 4.74 Å². The number of carbonyl (C=O) groups excluding carboxylic acids is 1. The molecular weight excluding hydrogens is 358 g/mol. The number of nitrogens with zero attached hydrogens (tertiary/aromatic N) is 1. The van der Waals surface area contributed by atoms with E-state index in [9.17, 15) is 13.2 Å². The maximum atomic E-state index is 11.8. The largest absolute Gasteiger partial charge is 0.465 e. The van der Waals surface area contributed by atoms with Crippen LogP contribution in [0.4, 0.5) is 5.69 Å². The Hall–Kier alpha value is -0.790. The molecule has 1 aromatic rings. The molecule has 0 atom stereocenters. The highest BCUT2D eigenvalue weighted by atomic mass is 79.9. The Balaban J connectivity index is 3.14. The van der Waals surface area contributed by atoms with Gasteiger partial charge in [0.1, 0.15) is 6.54 Å². The third kappa shape index (κ3) is 4.67. The highest BCUT2D eigenvalue weighted by Crippen LogP contribution is 2.30. The van der Waals surface area contributed by atoms with Crippen molar-refractivity contribution in [2.45, 2.75) is 6.92 Å². The third-order valence-electron chi connectivity index (χ3n) is 2.16. The molecule has 0 N–H and O–H groups in total. The minimum Gasteiger partial charge on any atom is -0.465 e. The first-order valence-corrected chi connectivity index (χ1v) is 8.36. The van der Waals surface area contributed by atoms with Crippen LogP contribution in [0.2, 0.25) is 5.02 Å². The van der Waals surface area contributed by atoms with E-state index in [1.807, 2.05) is 0 Å². The van der Waals surface area contributed by atoms with Crippen LogP contribution in [0.25, 0.3) is 0 Å². The SMILES string of the molecule is CCOC(=O)CN(c1ccc(Br)cc1Cl)S(C)(=O)=O. The number of hydrogen-bond donors (Lipinski definition) is 0. The Morgan fingerprint density at radius 3 is 2.58 bits per heavy atom. The second-order valence-electron chi connectivity index (χ2n) is 3.67. The molecule has 0 heterocycles. The van der Waals surface area contributed by atoms with Crippen LogP contribution >= 0.6 is 27.5 Å². The molecule has 0 aliphatic heterocycles. The second-order valence-corrected chi connectivity index (χ2v) is 6.90. The normalized spacial score (nSPS) is 11.2. The van der Waals surface area contributed by atoms with Crippen molar-refractivity contribution in [1.29, 1.82) is 0 Å². The molecule has 0 amide bonds. The monoisotopic (exact) mass is 369 g/mol. The fourth-order valence-corrected chi connectivity index (χ4v) is 3.07. The van der Waals surface area contributed by atoms with Gasteiger partial charge in [-0.3, -0.25) is 9.10 Å². The van der Waals surface area contributed by atoms with Crippen LogP contribution in [0.1, 0.15) is 6.92 Å². The fraction of sp³-hybridized carbons (Fsp3) is 0.364. The number of rotatable bonds is 5. The van der Waals surface area contributed by atoms with E-state index in [0.29, 0.717) is 4.47 Å². The number of carbonyl (C=O) groups is 1. The first-order chi connectivity index (χ1) is 8.75. The summed E-state index contributed by atoms with van der Waals surface area (Å²) in [7, 11) is -3.63. The average molecular weight is 371 g/mol. The highest BCUT2D eigenvalue weighted by molar-refractivity contribution is 9.10. The molecular formula is C11H13BrClNO4S. The molecule has 0 radical (unpaired) electrons. The smallest absolute Gasteiger partial charge is 0.326 e. The number of halogens is 2. The lowest BCUT2D eigenvalue weighted by atomic mass is 10.3. The predicted molar refractivity (Wildman–Crippen MR) is 78.0 cm³/mol. The van der Waals surface area contributed by atoms with Gasteiger partial charge in [0.05, 0.1) is 23.6 Å². The van der Waals surface area contributed by atoms with Crippen molar-refractivity contribution in [2.75, 3.05) is 23.7 Å². The van der Waals surface area contributed by atoms with Gasteiger partial charge in [-0.15, -0.1) is 0 Å². The molecule has 0 saturated carbocycles. The van der Waals surface area contributed by atoms with Crippen LogP contribution in [-0.4, -0.2) is 33.8 Å². The summed E-state index contributed by atoms with van der Waals surface area (Å²) in [4.78, 5) is 11.5. The summed E-state index contributed by atoms with van der Waals surface area (Å²) in [5.41, 5.74) is 0.236. The zero-order chi connectivity index (χ0) is 14.6. The Kier molecular flexibility index (Phi) is 5.64. The van der Waals surface area contributed by atoms with E-state index in [1.54, 1.807) is 19.1 Å². The van der Waals surface area contributed by atoms with E-state index < -0.39 is 22.5 Å². The van der Waals surface area contributed by atoms with E-state index in [2.05, 4.69) is 15.9 Å². The van der Waals surface area contributed by atoms with Crippen LogP contribution in [0.15, 0.2) is 22.7 Å². The summed E-state index contributed by atoms with van der Waals surface area (Å²) in [5, 5.41) is 0.226.